The van der Waals surface area contributed by atoms with Crippen LogP contribution in [0.2, 0.25) is 0 Å². The van der Waals surface area contributed by atoms with Gasteiger partial charge in [-0.25, -0.2) is 0 Å². The largest absolute Gasteiger partial charge is 0.504 e. The van der Waals surface area contributed by atoms with Crippen molar-refractivity contribution in [3.8, 4) is 0 Å². The van der Waals surface area contributed by atoms with Crippen molar-refractivity contribution in [2.45, 2.75) is 104 Å². The molecule has 0 bridgehead atoms. The van der Waals surface area contributed by atoms with E-state index in [0.29, 0.717) is 0 Å². The van der Waals surface area contributed by atoms with Gasteiger partial charge in [-0.05, 0) is 56.9 Å². The fraction of sp³-hybridized carbons (Fsp3) is 0.810. The molecule has 0 fully saturated rings. The normalized spacial score (nSPS) is 12.2. The fourth-order valence-electron chi connectivity index (χ4n) is 2.73. The van der Waals surface area contributed by atoms with Crippen LogP contribution in [0.25, 0.3) is 0 Å². The van der Waals surface area contributed by atoms with Gasteiger partial charge in [-0.3, -0.25) is 0 Å². The summed E-state index contributed by atoms with van der Waals surface area (Å²) in [5.41, 5.74) is 1.50. The van der Waals surface area contributed by atoms with Crippen molar-refractivity contribution in [2.75, 3.05) is 7.11 Å². The molecular formula is C21H40O. The molecular weight excluding hydrogens is 268 g/mol. The van der Waals surface area contributed by atoms with E-state index in [9.17, 15) is 0 Å². The van der Waals surface area contributed by atoms with Gasteiger partial charge in [-0.2, -0.15) is 0 Å². The average molecular weight is 309 g/mol. The summed E-state index contributed by atoms with van der Waals surface area (Å²) >= 11 is 0. The Bertz CT molecular complexity index is 265. The first kappa shape index (κ1) is 21.3. The molecule has 0 aliphatic heterocycles. The summed E-state index contributed by atoms with van der Waals surface area (Å²) in [4.78, 5) is 0. The summed E-state index contributed by atoms with van der Waals surface area (Å²) in [6.45, 7) is 4.53. The third-order valence-corrected chi connectivity index (χ3v) is 4.15. The Morgan fingerprint density at radius 2 is 1.18 bits per heavy atom. The average Bonchev–Trinajstić information content (AvgIpc) is 2.52. The summed E-state index contributed by atoms with van der Waals surface area (Å²) in [6.07, 6.45) is 25.2. The molecule has 0 spiro atoms. The Morgan fingerprint density at radius 1 is 0.682 bits per heavy atom. The van der Waals surface area contributed by atoms with Gasteiger partial charge in [0.05, 0.1) is 13.4 Å². The SMILES string of the molecule is CCCCCC/C=C/CCCCC/C(=C/OC)CCCCC. The van der Waals surface area contributed by atoms with E-state index in [1.54, 1.807) is 7.11 Å². The molecule has 0 heterocycles. The molecule has 0 aromatic rings. The summed E-state index contributed by atoms with van der Waals surface area (Å²) in [6, 6.07) is 0. The number of hydrogen-bond donors (Lipinski definition) is 0. The lowest BCUT2D eigenvalue weighted by Gasteiger charge is -2.06. The summed E-state index contributed by atoms with van der Waals surface area (Å²) < 4.78 is 5.21. The third kappa shape index (κ3) is 15.7. The molecule has 130 valence electrons. The van der Waals surface area contributed by atoms with Crippen LogP contribution in [0, 0.1) is 0 Å². The van der Waals surface area contributed by atoms with E-state index >= 15 is 0 Å². The highest BCUT2D eigenvalue weighted by Gasteiger charge is 1.98. The van der Waals surface area contributed by atoms with E-state index in [1.165, 1.54) is 95.5 Å². The molecule has 0 rings (SSSR count). The molecule has 0 aromatic carbocycles. The van der Waals surface area contributed by atoms with Crippen LogP contribution in [0.1, 0.15) is 104 Å². The topological polar surface area (TPSA) is 9.23 Å². The minimum Gasteiger partial charge on any atom is -0.504 e. The van der Waals surface area contributed by atoms with Crippen molar-refractivity contribution in [3.63, 3.8) is 0 Å². The van der Waals surface area contributed by atoms with Gasteiger partial charge in [0.15, 0.2) is 0 Å². The first-order chi connectivity index (χ1) is 10.8. The summed E-state index contributed by atoms with van der Waals surface area (Å²) in [5.74, 6) is 0. The first-order valence-corrected chi connectivity index (χ1v) is 9.70. The lowest BCUT2D eigenvalue weighted by molar-refractivity contribution is 0.330. The first-order valence-electron chi connectivity index (χ1n) is 9.70. The number of ether oxygens (including phenoxy) is 1. The highest BCUT2D eigenvalue weighted by molar-refractivity contribution is 4.97. The molecule has 0 saturated carbocycles. The maximum Gasteiger partial charge on any atom is 0.0816 e. The van der Waals surface area contributed by atoms with E-state index in [0.717, 1.165) is 0 Å². The van der Waals surface area contributed by atoms with Crippen LogP contribution in [0.5, 0.6) is 0 Å². The van der Waals surface area contributed by atoms with Gasteiger partial charge in [0.2, 0.25) is 0 Å². The van der Waals surface area contributed by atoms with Gasteiger partial charge in [-0.15, -0.1) is 0 Å². The maximum absolute atomic E-state index is 5.21. The highest BCUT2D eigenvalue weighted by Crippen LogP contribution is 2.17. The van der Waals surface area contributed by atoms with Crippen molar-refractivity contribution in [3.05, 3.63) is 24.0 Å². The van der Waals surface area contributed by atoms with Crippen LogP contribution in [0.15, 0.2) is 24.0 Å². The quantitative estimate of drug-likeness (QED) is 0.162. The Kier molecular flexibility index (Phi) is 17.7. The van der Waals surface area contributed by atoms with Gasteiger partial charge >= 0.3 is 0 Å². The van der Waals surface area contributed by atoms with Crippen LogP contribution in [0.4, 0.5) is 0 Å². The number of methoxy groups -OCH3 is 1. The molecule has 0 radical (unpaired) electrons. The van der Waals surface area contributed by atoms with Crippen LogP contribution >= 0.6 is 0 Å². The van der Waals surface area contributed by atoms with E-state index in [2.05, 4.69) is 26.0 Å². The second-order valence-electron chi connectivity index (χ2n) is 6.39. The predicted molar refractivity (Wildman–Crippen MR) is 100 cm³/mol. The lowest BCUT2D eigenvalue weighted by Crippen LogP contribution is -1.88. The molecule has 0 N–H and O–H groups in total. The molecule has 0 atom stereocenters. The Balaban J connectivity index is 3.48. The van der Waals surface area contributed by atoms with Gasteiger partial charge in [0, 0.05) is 0 Å². The number of rotatable bonds is 16. The van der Waals surface area contributed by atoms with E-state index < -0.39 is 0 Å². The van der Waals surface area contributed by atoms with Crippen LogP contribution < -0.4 is 0 Å². The van der Waals surface area contributed by atoms with Crippen molar-refractivity contribution in [1.29, 1.82) is 0 Å². The molecule has 0 amide bonds. The molecule has 22 heavy (non-hydrogen) atoms. The molecule has 0 saturated heterocycles. The third-order valence-electron chi connectivity index (χ3n) is 4.15. The monoisotopic (exact) mass is 308 g/mol. The number of hydrogen-bond acceptors (Lipinski definition) is 1. The second kappa shape index (κ2) is 18.3. The zero-order chi connectivity index (χ0) is 16.3. The zero-order valence-corrected chi connectivity index (χ0v) is 15.5. The summed E-state index contributed by atoms with van der Waals surface area (Å²) in [5, 5.41) is 0. The van der Waals surface area contributed by atoms with E-state index in [-0.39, 0.29) is 0 Å². The fourth-order valence-corrected chi connectivity index (χ4v) is 2.73. The van der Waals surface area contributed by atoms with Gasteiger partial charge in [0.1, 0.15) is 0 Å². The molecule has 1 heteroatoms. The van der Waals surface area contributed by atoms with Crippen LogP contribution in [-0.4, -0.2) is 7.11 Å². The second-order valence-corrected chi connectivity index (χ2v) is 6.39. The van der Waals surface area contributed by atoms with Gasteiger partial charge < -0.3 is 4.74 Å². The Labute approximate surface area is 140 Å². The van der Waals surface area contributed by atoms with Crippen molar-refractivity contribution in [2.24, 2.45) is 0 Å². The molecule has 0 aromatic heterocycles. The van der Waals surface area contributed by atoms with Crippen molar-refractivity contribution < 1.29 is 4.74 Å². The molecule has 0 unspecified atom stereocenters. The summed E-state index contributed by atoms with van der Waals surface area (Å²) in [7, 11) is 1.77. The lowest BCUT2D eigenvalue weighted by atomic mass is 10.0. The number of unbranched alkanes of at least 4 members (excludes halogenated alkanes) is 9. The van der Waals surface area contributed by atoms with Crippen LogP contribution in [-0.2, 0) is 4.74 Å². The Hall–Kier alpha value is -0.720. The minimum atomic E-state index is 1.22. The highest BCUT2D eigenvalue weighted by atomic mass is 16.5. The smallest absolute Gasteiger partial charge is 0.0816 e. The standard InChI is InChI=1S/C21H40O/c1-4-6-8-9-10-11-12-13-14-15-17-19-21(20-22-3)18-16-7-5-2/h11-12,20H,4-10,13-19H2,1-3H3/b12-11+,21-20+. The molecule has 1 nitrogen and oxygen atoms in total. The van der Waals surface area contributed by atoms with Crippen molar-refractivity contribution in [1.82, 2.24) is 0 Å². The van der Waals surface area contributed by atoms with Crippen molar-refractivity contribution >= 4 is 0 Å². The maximum atomic E-state index is 5.21. The zero-order valence-electron chi connectivity index (χ0n) is 15.5. The van der Waals surface area contributed by atoms with E-state index in [1.807, 2.05) is 6.26 Å². The van der Waals surface area contributed by atoms with Gasteiger partial charge in [-0.1, -0.05) is 64.5 Å². The van der Waals surface area contributed by atoms with Gasteiger partial charge in [0.25, 0.3) is 0 Å². The van der Waals surface area contributed by atoms with E-state index in [4.69, 9.17) is 4.74 Å². The van der Waals surface area contributed by atoms with Crippen LogP contribution in [0.3, 0.4) is 0 Å². The predicted octanol–water partition coefficient (Wildman–Crippen LogP) is 7.57. The molecule has 0 aliphatic carbocycles. The Morgan fingerprint density at radius 3 is 1.73 bits per heavy atom. The minimum absolute atomic E-state index is 1.22. The number of allylic oxidation sites excluding steroid dienone is 3. The molecule has 0 aliphatic rings.